The zero-order valence-electron chi connectivity index (χ0n) is 11.0. The molecule has 0 saturated heterocycles. The van der Waals surface area contributed by atoms with Gasteiger partial charge in [0.2, 0.25) is 0 Å². The third-order valence-electron chi connectivity index (χ3n) is 2.74. The molecule has 0 aliphatic carbocycles. The first-order valence-corrected chi connectivity index (χ1v) is 6.11. The number of aromatic nitrogens is 2. The maximum atomic E-state index is 12.2. The number of anilines is 1. The lowest BCUT2D eigenvalue weighted by Crippen LogP contribution is -2.23. The number of hydrogen-bond donors (Lipinski definition) is 1. The number of nitrogen functional groups attached to an aromatic ring is 1. The van der Waals surface area contributed by atoms with Gasteiger partial charge in [-0.2, -0.15) is 5.10 Å². The van der Waals surface area contributed by atoms with Crippen LogP contribution in [0.25, 0.3) is 5.69 Å². The number of carbonyl (C=O) groups is 1. The molecule has 0 fully saturated rings. The van der Waals surface area contributed by atoms with Gasteiger partial charge in [0.1, 0.15) is 0 Å². The van der Waals surface area contributed by atoms with E-state index in [1.54, 1.807) is 50.1 Å². The topological polar surface area (TPSA) is 64.2 Å². The van der Waals surface area contributed by atoms with Crippen molar-refractivity contribution in [3.05, 3.63) is 40.7 Å². The second kappa shape index (κ2) is 4.93. The predicted octanol–water partition coefficient (Wildman–Crippen LogP) is 2.12. The van der Waals surface area contributed by atoms with E-state index in [-0.39, 0.29) is 5.91 Å². The predicted molar refractivity (Wildman–Crippen MR) is 75.7 cm³/mol. The van der Waals surface area contributed by atoms with Gasteiger partial charge in [-0.25, -0.2) is 4.68 Å². The molecule has 1 aromatic heterocycles. The molecule has 1 aromatic carbocycles. The molecule has 0 aliphatic heterocycles. The van der Waals surface area contributed by atoms with Crippen LogP contribution in [0.2, 0.25) is 5.02 Å². The number of carbonyl (C=O) groups excluding carboxylic acids is 1. The van der Waals surface area contributed by atoms with Crippen molar-refractivity contribution in [3.8, 4) is 5.69 Å². The summed E-state index contributed by atoms with van der Waals surface area (Å²) >= 11 is 6.00. The maximum absolute atomic E-state index is 12.2. The van der Waals surface area contributed by atoms with E-state index in [1.807, 2.05) is 0 Å². The fourth-order valence-electron chi connectivity index (χ4n) is 1.72. The molecule has 2 rings (SSSR count). The van der Waals surface area contributed by atoms with Gasteiger partial charge in [-0.05, 0) is 25.1 Å². The first-order valence-electron chi connectivity index (χ1n) is 5.73. The van der Waals surface area contributed by atoms with Crippen LogP contribution >= 0.6 is 11.6 Å². The van der Waals surface area contributed by atoms with Crippen molar-refractivity contribution < 1.29 is 4.79 Å². The summed E-state index contributed by atoms with van der Waals surface area (Å²) in [5.74, 6) is -0.112. The van der Waals surface area contributed by atoms with Crippen LogP contribution in [0.15, 0.2) is 24.4 Å². The zero-order chi connectivity index (χ0) is 14.2. The maximum Gasteiger partial charge on any atom is 0.255 e. The van der Waals surface area contributed by atoms with Crippen molar-refractivity contribution in [2.24, 2.45) is 0 Å². The Morgan fingerprint density at radius 2 is 2.11 bits per heavy atom. The molecule has 100 valence electrons. The van der Waals surface area contributed by atoms with Crippen LogP contribution in [-0.2, 0) is 0 Å². The standard InChI is InChI=1S/C13H15ClN4O/c1-8-11(14)7-18(16-8)12-6-9(15)4-5-10(12)13(19)17(2)3/h4-7H,15H2,1-3H3. The summed E-state index contributed by atoms with van der Waals surface area (Å²) in [6.45, 7) is 1.80. The third-order valence-corrected chi connectivity index (χ3v) is 3.12. The molecule has 2 N–H and O–H groups in total. The summed E-state index contributed by atoms with van der Waals surface area (Å²) in [4.78, 5) is 13.7. The summed E-state index contributed by atoms with van der Waals surface area (Å²) in [5.41, 5.74) is 8.20. The van der Waals surface area contributed by atoms with Gasteiger partial charge in [0.05, 0.1) is 22.0 Å². The summed E-state index contributed by atoms with van der Waals surface area (Å²) in [5, 5.41) is 4.83. The lowest BCUT2D eigenvalue weighted by atomic mass is 10.1. The number of hydrogen-bond acceptors (Lipinski definition) is 3. The molecule has 0 spiro atoms. The summed E-state index contributed by atoms with van der Waals surface area (Å²) in [6.07, 6.45) is 1.66. The fourth-order valence-corrected chi connectivity index (χ4v) is 1.85. The minimum atomic E-state index is -0.112. The van der Waals surface area contributed by atoms with Crippen LogP contribution < -0.4 is 5.73 Å². The van der Waals surface area contributed by atoms with Gasteiger partial charge in [-0.3, -0.25) is 4.79 Å². The van der Waals surface area contributed by atoms with Gasteiger partial charge in [0.25, 0.3) is 5.91 Å². The van der Waals surface area contributed by atoms with Gasteiger partial charge in [0, 0.05) is 26.0 Å². The van der Waals surface area contributed by atoms with Crippen LogP contribution in [0.5, 0.6) is 0 Å². The molecule has 0 unspecified atom stereocenters. The second-order valence-electron chi connectivity index (χ2n) is 4.48. The Morgan fingerprint density at radius 3 is 2.63 bits per heavy atom. The normalized spacial score (nSPS) is 10.5. The number of amides is 1. The minimum absolute atomic E-state index is 0.112. The van der Waals surface area contributed by atoms with Crippen LogP contribution in [0.1, 0.15) is 16.1 Å². The number of aryl methyl sites for hydroxylation is 1. The van der Waals surface area contributed by atoms with Crippen molar-refractivity contribution in [1.29, 1.82) is 0 Å². The third kappa shape index (κ3) is 2.56. The minimum Gasteiger partial charge on any atom is -0.399 e. The molecule has 19 heavy (non-hydrogen) atoms. The molecular formula is C13H15ClN4O. The molecule has 0 bridgehead atoms. The molecular weight excluding hydrogens is 264 g/mol. The summed E-state index contributed by atoms with van der Waals surface area (Å²) in [6, 6.07) is 5.09. The number of benzene rings is 1. The van der Waals surface area contributed by atoms with E-state index in [9.17, 15) is 4.79 Å². The Morgan fingerprint density at radius 1 is 1.42 bits per heavy atom. The highest BCUT2D eigenvalue weighted by Crippen LogP contribution is 2.22. The number of halogens is 1. The number of nitrogens with two attached hydrogens (primary N) is 1. The Balaban J connectivity index is 2.61. The van der Waals surface area contributed by atoms with E-state index >= 15 is 0 Å². The van der Waals surface area contributed by atoms with Gasteiger partial charge in [-0.15, -0.1) is 0 Å². The lowest BCUT2D eigenvalue weighted by Gasteiger charge is -2.14. The summed E-state index contributed by atoms with van der Waals surface area (Å²) < 4.78 is 1.57. The number of rotatable bonds is 2. The average Bonchev–Trinajstić information content (AvgIpc) is 2.68. The molecule has 0 radical (unpaired) electrons. The molecule has 2 aromatic rings. The highest BCUT2D eigenvalue weighted by atomic mass is 35.5. The quantitative estimate of drug-likeness (QED) is 0.856. The van der Waals surface area contributed by atoms with E-state index in [2.05, 4.69) is 5.10 Å². The van der Waals surface area contributed by atoms with E-state index in [1.165, 1.54) is 4.90 Å². The van der Waals surface area contributed by atoms with Crippen molar-refractivity contribution in [2.75, 3.05) is 19.8 Å². The van der Waals surface area contributed by atoms with Crippen LogP contribution in [0, 0.1) is 6.92 Å². The van der Waals surface area contributed by atoms with Crippen LogP contribution in [-0.4, -0.2) is 34.7 Å². The Kier molecular flexibility index (Phi) is 3.48. The van der Waals surface area contributed by atoms with Crippen molar-refractivity contribution in [2.45, 2.75) is 6.92 Å². The van der Waals surface area contributed by atoms with Crippen molar-refractivity contribution in [3.63, 3.8) is 0 Å². The molecule has 6 heteroatoms. The number of nitrogens with zero attached hydrogens (tertiary/aromatic N) is 3. The van der Waals surface area contributed by atoms with Gasteiger partial charge in [-0.1, -0.05) is 11.6 Å². The van der Waals surface area contributed by atoms with Crippen LogP contribution in [0.3, 0.4) is 0 Å². The molecule has 0 atom stereocenters. The average molecular weight is 279 g/mol. The van der Waals surface area contributed by atoms with Crippen LogP contribution in [0.4, 0.5) is 5.69 Å². The molecule has 0 aliphatic rings. The fraction of sp³-hybridized carbons (Fsp3) is 0.231. The smallest absolute Gasteiger partial charge is 0.255 e. The monoisotopic (exact) mass is 278 g/mol. The second-order valence-corrected chi connectivity index (χ2v) is 4.89. The van der Waals surface area contributed by atoms with Crippen molar-refractivity contribution in [1.82, 2.24) is 14.7 Å². The SMILES string of the molecule is Cc1nn(-c2cc(N)ccc2C(=O)N(C)C)cc1Cl. The summed E-state index contributed by atoms with van der Waals surface area (Å²) in [7, 11) is 3.40. The molecule has 1 amide bonds. The molecule has 0 saturated carbocycles. The Labute approximate surface area is 116 Å². The Bertz CT molecular complexity index is 614. The highest BCUT2D eigenvalue weighted by Gasteiger charge is 2.16. The van der Waals surface area contributed by atoms with E-state index in [0.29, 0.717) is 27.7 Å². The molecule has 1 heterocycles. The Hall–Kier alpha value is -2.01. The van der Waals surface area contributed by atoms with Gasteiger partial charge in [0.15, 0.2) is 0 Å². The first-order chi connectivity index (χ1) is 8.90. The van der Waals surface area contributed by atoms with Crippen molar-refractivity contribution >= 4 is 23.2 Å². The van der Waals surface area contributed by atoms with Gasteiger partial charge >= 0.3 is 0 Å². The zero-order valence-corrected chi connectivity index (χ0v) is 11.8. The van der Waals surface area contributed by atoms with E-state index in [0.717, 1.165) is 0 Å². The first kappa shape index (κ1) is 13.4. The van der Waals surface area contributed by atoms with E-state index < -0.39 is 0 Å². The largest absolute Gasteiger partial charge is 0.399 e. The van der Waals surface area contributed by atoms with E-state index in [4.69, 9.17) is 17.3 Å². The highest BCUT2D eigenvalue weighted by molar-refractivity contribution is 6.31. The molecule has 5 nitrogen and oxygen atoms in total. The lowest BCUT2D eigenvalue weighted by molar-refractivity contribution is 0.0827. The van der Waals surface area contributed by atoms with Gasteiger partial charge < -0.3 is 10.6 Å².